The molecular formula is C26H27N5O4S. The summed E-state index contributed by atoms with van der Waals surface area (Å²) in [6, 6.07) is 20.2. The number of nitrogens with one attached hydrogen (secondary N) is 1. The van der Waals surface area contributed by atoms with Crippen molar-refractivity contribution in [2.75, 3.05) is 10.8 Å². The molecule has 186 valence electrons. The Labute approximate surface area is 209 Å². The number of aliphatic carboxylic acids is 1. The minimum Gasteiger partial charge on any atom is -0.480 e. The molecule has 0 radical (unpaired) electrons. The molecule has 3 aromatic carbocycles. The van der Waals surface area contributed by atoms with Crippen LogP contribution in [0.25, 0.3) is 11.0 Å². The number of anilines is 1. The predicted molar refractivity (Wildman–Crippen MR) is 139 cm³/mol. The Morgan fingerprint density at radius 2 is 1.78 bits per heavy atom. The summed E-state index contributed by atoms with van der Waals surface area (Å²) in [5.74, 6) is -0.459. The van der Waals surface area contributed by atoms with Gasteiger partial charge in [0.15, 0.2) is 0 Å². The molecule has 10 heteroatoms. The normalized spacial score (nSPS) is 11.5. The van der Waals surface area contributed by atoms with Crippen molar-refractivity contribution in [3.8, 4) is 0 Å². The fraction of sp³-hybridized carbons (Fsp3) is 0.192. The second kappa shape index (κ2) is 10.2. The van der Waals surface area contributed by atoms with Gasteiger partial charge in [-0.3, -0.25) is 14.5 Å². The van der Waals surface area contributed by atoms with Gasteiger partial charge < -0.3 is 15.4 Å². The monoisotopic (exact) mass is 505 g/mol. The molecule has 0 fully saturated rings. The molecule has 0 spiro atoms. The number of nitrogen functional groups attached to an aromatic ring is 1. The number of aromatic nitrogens is 2. The number of imidazole rings is 1. The lowest BCUT2D eigenvalue weighted by Crippen LogP contribution is -2.35. The number of fused-ring (bicyclic) bond motifs is 1. The van der Waals surface area contributed by atoms with E-state index in [1.807, 2.05) is 12.1 Å². The van der Waals surface area contributed by atoms with Crippen LogP contribution in [0.3, 0.4) is 0 Å². The Balaban J connectivity index is 1.76. The van der Waals surface area contributed by atoms with Crippen LogP contribution in [-0.2, 0) is 27.8 Å². The van der Waals surface area contributed by atoms with Crippen molar-refractivity contribution in [2.24, 2.45) is 5.73 Å². The molecule has 0 bridgehead atoms. The highest BCUT2D eigenvalue weighted by Gasteiger charge is 2.27. The third kappa shape index (κ3) is 5.08. The molecule has 0 aliphatic carbocycles. The van der Waals surface area contributed by atoms with E-state index < -0.39 is 22.5 Å². The molecule has 0 aliphatic heterocycles. The number of carbonyl (C=O) groups is 1. The number of carboxylic acids is 1. The number of aryl methyl sites for hydroxylation is 1. The topological polar surface area (TPSA) is 142 Å². The Morgan fingerprint density at radius 1 is 1.08 bits per heavy atom. The molecule has 36 heavy (non-hydrogen) atoms. The first kappa shape index (κ1) is 24.9. The molecule has 0 atom stereocenters. The summed E-state index contributed by atoms with van der Waals surface area (Å²) in [5, 5.41) is 17.0. The maximum atomic E-state index is 13.3. The van der Waals surface area contributed by atoms with Crippen molar-refractivity contribution in [3.05, 3.63) is 89.7 Å². The number of benzene rings is 3. The highest BCUT2D eigenvalue weighted by molar-refractivity contribution is 7.92. The number of hydrogen-bond donors (Lipinski definition) is 3. The van der Waals surface area contributed by atoms with Crippen molar-refractivity contribution in [1.82, 2.24) is 9.55 Å². The summed E-state index contributed by atoms with van der Waals surface area (Å²) >= 11 is 0. The van der Waals surface area contributed by atoms with E-state index in [0.717, 1.165) is 34.2 Å². The maximum absolute atomic E-state index is 13.3. The number of carboxylic acid groups (broad SMARTS) is 1. The van der Waals surface area contributed by atoms with E-state index in [1.54, 1.807) is 48.5 Å². The second-order valence-electron chi connectivity index (χ2n) is 8.36. The summed E-state index contributed by atoms with van der Waals surface area (Å²) in [5.41, 5.74) is 8.83. The molecule has 4 rings (SSSR count). The van der Waals surface area contributed by atoms with E-state index in [4.69, 9.17) is 16.1 Å². The molecule has 1 aromatic heterocycles. The zero-order valence-electron chi connectivity index (χ0n) is 19.8. The lowest BCUT2D eigenvalue weighted by Gasteiger charge is -2.22. The molecule has 4 aromatic rings. The van der Waals surface area contributed by atoms with Gasteiger partial charge in [0.25, 0.3) is 10.0 Å². The van der Waals surface area contributed by atoms with Crippen LogP contribution in [0.2, 0.25) is 0 Å². The lowest BCUT2D eigenvalue weighted by atomic mass is 10.1. The zero-order valence-corrected chi connectivity index (χ0v) is 20.6. The molecule has 0 amide bonds. The van der Waals surface area contributed by atoms with Gasteiger partial charge in [0.1, 0.15) is 18.2 Å². The number of hydrogen-bond acceptors (Lipinski definition) is 5. The minimum absolute atomic E-state index is 0.00340. The predicted octanol–water partition coefficient (Wildman–Crippen LogP) is 3.60. The first-order valence-electron chi connectivity index (χ1n) is 11.4. The molecule has 0 saturated heterocycles. The summed E-state index contributed by atoms with van der Waals surface area (Å²) in [4.78, 5) is 16.4. The second-order valence-corrected chi connectivity index (χ2v) is 10.2. The number of nitrogens with zero attached hydrogens (tertiary/aromatic N) is 3. The van der Waals surface area contributed by atoms with Crippen LogP contribution in [0.1, 0.15) is 30.3 Å². The van der Waals surface area contributed by atoms with Gasteiger partial charge >= 0.3 is 5.97 Å². The first-order valence-corrected chi connectivity index (χ1v) is 12.9. The molecule has 0 aliphatic rings. The molecular weight excluding hydrogens is 478 g/mol. The Hall–Kier alpha value is -4.18. The largest absolute Gasteiger partial charge is 0.480 e. The van der Waals surface area contributed by atoms with Crippen LogP contribution in [0.15, 0.2) is 77.7 Å². The molecule has 9 nitrogen and oxygen atoms in total. The van der Waals surface area contributed by atoms with Gasteiger partial charge in [-0.25, -0.2) is 13.4 Å². The van der Waals surface area contributed by atoms with E-state index >= 15 is 0 Å². The highest BCUT2D eigenvalue weighted by atomic mass is 32.2. The molecule has 0 saturated carbocycles. The lowest BCUT2D eigenvalue weighted by molar-refractivity contribution is -0.135. The fourth-order valence-electron chi connectivity index (χ4n) is 4.07. The van der Waals surface area contributed by atoms with E-state index in [1.165, 1.54) is 12.1 Å². The van der Waals surface area contributed by atoms with Crippen molar-refractivity contribution >= 4 is 38.5 Å². The van der Waals surface area contributed by atoms with Crippen molar-refractivity contribution < 1.29 is 18.3 Å². The first-order chi connectivity index (χ1) is 17.2. The average Bonchev–Trinajstić information content (AvgIpc) is 3.19. The molecule has 0 unspecified atom stereocenters. The van der Waals surface area contributed by atoms with Crippen molar-refractivity contribution in [2.45, 2.75) is 31.2 Å². The standard InChI is InChI=1S/C26H27N5O4S/c1-2-14-30-23-13-12-20(31(17-25(32)33)36(34,35)21-6-4-3-5-7-21)16-22(23)29-24(30)15-18-8-10-19(11-9-18)26(27)28/h3-13,16H,2,14-15,17H2,1H3,(H3,27,28)(H,32,33). The van der Waals surface area contributed by atoms with Gasteiger partial charge in [-0.1, -0.05) is 49.4 Å². The molecule has 4 N–H and O–H groups in total. The van der Waals surface area contributed by atoms with Crippen LogP contribution in [0.4, 0.5) is 5.69 Å². The van der Waals surface area contributed by atoms with Gasteiger partial charge in [0.2, 0.25) is 0 Å². The van der Waals surface area contributed by atoms with Crippen molar-refractivity contribution in [1.29, 1.82) is 5.41 Å². The minimum atomic E-state index is -4.10. The third-order valence-electron chi connectivity index (χ3n) is 5.78. The highest BCUT2D eigenvalue weighted by Crippen LogP contribution is 2.28. The SMILES string of the molecule is CCCn1c(Cc2ccc(C(=N)N)cc2)nc2cc(N(CC(=O)O)S(=O)(=O)c3ccccc3)ccc21. The van der Waals surface area contributed by atoms with Crippen LogP contribution in [-0.4, -0.2) is 41.4 Å². The van der Waals surface area contributed by atoms with Gasteiger partial charge in [-0.2, -0.15) is 0 Å². The van der Waals surface area contributed by atoms with Crippen LogP contribution < -0.4 is 10.0 Å². The number of amidine groups is 1. The zero-order chi connectivity index (χ0) is 25.9. The van der Waals surface area contributed by atoms with E-state index in [0.29, 0.717) is 17.5 Å². The van der Waals surface area contributed by atoms with Gasteiger partial charge in [0, 0.05) is 18.5 Å². The van der Waals surface area contributed by atoms with Crippen LogP contribution in [0.5, 0.6) is 0 Å². The van der Waals surface area contributed by atoms with E-state index in [9.17, 15) is 18.3 Å². The summed E-state index contributed by atoms with van der Waals surface area (Å²) in [7, 11) is -4.10. The van der Waals surface area contributed by atoms with Gasteiger partial charge in [-0.05, 0) is 42.3 Å². The van der Waals surface area contributed by atoms with Crippen LogP contribution >= 0.6 is 0 Å². The summed E-state index contributed by atoms with van der Waals surface area (Å²) in [6.07, 6.45) is 1.40. The number of rotatable bonds is 10. The Kier molecular flexibility index (Phi) is 7.07. The number of nitrogens with two attached hydrogens (primary N) is 1. The number of sulfonamides is 1. The van der Waals surface area contributed by atoms with Gasteiger partial charge in [-0.15, -0.1) is 0 Å². The molecule has 1 heterocycles. The third-order valence-corrected chi connectivity index (χ3v) is 7.57. The quantitative estimate of drug-likeness (QED) is 0.222. The van der Waals surface area contributed by atoms with Crippen molar-refractivity contribution in [3.63, 3.8) is 0 Å². The maximum Gasteiger partial charge on any atom is 0.324 e. The van der Waals surface area contributed by atoms with E-state index in [-0.39, 0.29) is 16.4 Å². The summed E-state index contributed by atoms with van der Waals surface area (Å²) < 4.78 is 29.6. The Morgan fingerprint density at radius 3 is 2.39 bits per heavy atom. The van der Waals surface area contributed by atoms with E-state index in [2.05, 4.69) is 11.5 Å². The van der Waals surface area contributed by atoms with Crippen LogP contribution in [0, 0.1) is 5.41 Å². The average molecular weight is 506 g/mol. The smallest absolute Gasteiger partial charge is 0.324 e. The van der Waals surface area contributed by atoms with Gasteiger partial charge in [0.05, 0.1) is 21.6 Å². The Bertz CT molecular complexity index is 1510. The summed E-state index contributed by atoms with van der Waals surface area (Å²) in [6.45, 7) is 2.07. The fourth-order valence-corrected chi connectivity index (χ4v) is 5.50.